The monoisotopic (exact) mass is 269 g/mol. The SMILES string of the molecule is C=CC(=C)C(Nc1ccccc1)c1ccc(Cl)cc1. The molecule has 2 aromatic rings. The van der Waals surface area contributed by atoms with Crippen LogP contribution in [0.25, 0.3) is 0 Å². The average molecular weight is 270 g/mol. The van der Waals surface area contributed by atoms with E-state index in [1.54, 1.807) is 6.08 Å². The summed E-state index contributed by atoms with van der Waals surface area (Å²) in [6.45, 7) is 7.86. The maximum absolute atomic E-state index is 5.93. The van der Waals surface area contributed by atoms with Gasteiger partial charge in [-0.1, -0.05) is 61.2 Å². The molecule has 2 rings (SSSR count). The lowest BCUT2D eigenvalue weighted by molar-refractivity contribution is 0.944. The molecule has 0 heterocycles. The van der Waals surface area contributed by atoms with Crippen LogP contribution in [0.5, 0.6) is 0 Å². The Hall–Kier alpha value is -1.99. The van der Waals surface area contributed by atoms with Crippen molar-refractivity contribution in [3.63, 3.8) is 0 Å². The van der Waals surface area contributed by atoms with E-state index in [4.69, 9.17) is 11.6 Å². The maximum atomic E-state index is 5.93. The number of hydrogen-bond acceptors (Lipinski definition) is 1. The first kappa shape index (κ1) is 13.4. The molecule has 0 radical (unpaired) electrons. The van der Waals surface area contributed by atoms with Crippen LogP contribution >= 0.6 is 11.6 Å². The summed E-state index contributed by atoms with van der Waals surface area (Å²) in [6, 6.07) is 17.8. The summed E-state index contributed by atoms with van der Waals surface area (Å²) < 4.78 is 0. The highest BCUT2D eigenvalue weighted by Gasteiger charge is 2.12. The largest absolute Gasteiger partial charge is 0.374 e. The molecule has 0 aromatic heterocycles. The highest BCUT2D eigenvalue weighted by Crippen LogP contribution is 2.27. The lowest BCUT2D eigenvalue weighted by Crippen LogP contribution is -2.11. The first-order valence-corrected chi connectivity index (χ1v) is 6.47. The summed E-state index contributed by atoms with van der Waals surface area (Å²) in [7, 11) is 0. The van der Waals surface area contributed by atoms with Gasteiger partial charge >= 0.3 is 0 Å². The summed E-state index contributed by atoms with van der Waals surface area (Å²) in [5.74, 6) is 0. The fourth-order valence-electron chi connectivity index (χ4n) is 1.86. The Bertz CT molecular complexity index is 558. The number of rotatable bonds is 5. The summed E-state index contributed by atoms with van der Waals surface area (Å²) >= 11 is 5.93. The maximum Gasteiger partial charge on any atom is 0.0761 e. The van der Waals surface area contributed by atoms with E-state index in [2.05, 4.69) is 18.5 Å². The molecular weight excluding hydrogens is 254 g/mol. The van der Waals surface area contributed by atoms with Crippen molar-refractivity contribution in [3.05, 3.63) is 90.0 Å². The van der Waals surface area contributed by atoms with Crippen molar-refractivity contribution in [2.24, 2.45) is 0 Å². The minimum atomic E-state index is -0.00262. The predicted molar refractivity (Wildman–Crippen MR) is 83.6 cm³/mol. The Morgan fingerprint density at radius 1 is 1.05 bits per heavy atom. The van der Waals surface area contributed by atoms with Crippen molar-refractivity contribution < 1.29 is 0 Å². The fraction of sp³-hybridized carbons (Fsp3) is 0.0588. The third-order valence-electron chi connectivity index (χ3n) is 2.92. The Morgan fingerprint density at radius 2 is 1.68 bits per heavy atom. The topological polar surface area (TPSA) is 12.0 Å². The van der Waals surface area contributed by atoms with E-state index in [1.807, 2.05) is 54.6 Å². The van der Waals surface area contributed by atoms with Crippen LogP contribution in [0.1, 0.15) is 11.6 Å². The molecule has 1 N–H and O–H groups in total. The third-order valence-corrected chi connectivity index (χ3v) is 3.17. The smallest absolute Gasteiger partial charge is 0.0761 e. The van der Waals surface area contributed by atoms with Gasteiger partial charge in [0, 0.05) is 10.7 Å². The minimum Gasteiger partial charge on any atom is -0.374 e. The van der Waals surface area contributed by atoms with Gasteiger partial charge in [0.2, 0.25) is 0 Å². The molecule has 0 saturated heterocycles. The van der Waals surface area contributed by atoms with E-state index in [0.29, 0.717) is 0 Å². The zero-order chi connectivity index (χ0) is 13.7. The van der Waals surface area contributed by atoms with Crippen LogP contribution in [0.15, 0.2) is 79.4 Å². The highest BCUT2D eigenvalue weighted by molar-refractivity contribution is 6.30. The van der Waals surface area contributed by atoms with Gasteiger partial charge in [-0.05, 0) is 35.4 Å². The zero-order valence-electron chi connectivity index (χ0n) is 10.6. The van der Waals surface area contributed by atoms with Gasteiger partial charge in [0.15, 0.2) is 0 Å². The molecule has 0 amide bonds. The van der Waals surface area contributed by atoms with E-state index < -0.39 is 0 Å². The Kier molecular flexibility index (Phi) is 4.43. The van der Waals surface area contributed by atoms with Crippen LogP contribution in [-0.2, 0) is 0 Å². The van der Waals surface area contributed by atoms with Crippen molar-refractivity contribution >= 4 is 17.3 Å². The van der Waals surface area contributed by atoms with Crippen molar-refractivity contribution in [2.45, 2.75) is 6.04 Å². The first-order valence-electron chi connectivity index (χ1n) is 6.09. The fourth-order valence-corrected chi connectivity index (χ4v) is 1.99. The van der Waals surface area contributed by atoms with E-state index in [1.165, 1.54) is 0 Å². The molecule has 0 aliphatic rings. The molecule has 96 valence electrons. The van der Waals surface area contributed by atoms with Crippen molar-refractivity contribution in [3.8, 4) is 0 Å². The molecular formula is C17H16ClN. The quantitative estimate of drug-likeness (QED) is 0.733. The summed E-state index contributed by atoms with van der Waals surface area (Å²) in [4.78, 5) is 0. The predicted octanol–water partition coefficient (Wildman–Crippen LogP) is 5.24. The molecule has 0 aliphatic carbocycles. The lowest BCUT2D eigenvalue weighted by Gasteiger charge is -2.21. The Balaban J connectivity index is 2.28. The Morgan fingerprint density at radius 3 is 2.26 bits per heavy atom. The third kappa shape index (κ3) is 3.49. The van der Waals surface area contributed by atoms with E-state index in [-0.39, 0.29) is 6.04 Å². The van der Waals surface area contributed by atoms with Gasteiger partial charge in [-0.25, -0.2) is 0 Å². The number of hydrogen-bond donors (Lipinski definition) is 1. The molecule has 1 unspecified atom stereocenters. The van der Waals surface area contributed by atoms with Gasteiger partial charge in [0.05, 0.1) is 6.04 Å². The molecule has 1 nitrogen and oxygen atoms in total. The van der Waals surface area contributed by atoms with Crippen molar-refractivity contribution in [1.29, 1.82) is 0 Å². The van der Waals surface area contributed by atoms with Crippen molar-refractivity contribution in [1.82, 2.24) is 0 Å². The van der Waals surface area contributed by atoms with Gasteiger partial charge in [0.1, 0.15) is 0 Å². The molecule has 0 fully saturated rings. The summed E-state index contributed by atoms with van der Waals surface area (Å²) in [5.41, 5.74) is 3.08. The van der Waals surface area contributed by atoms with Crippen LogP contribution in [0.3, 0.4) is 0 Å². The highest BCUT2D eigenvalue weighted by atomic mass is 35.5. The Labute approximate surface area is 119 Å². The standard InChI is InChI=1S/C17H16ClN/c1-3-13(2)17(14-9-11-15(18)12-10-14)19-16-7-5-4-6-8-16/h3-12,17,19H,1-2H2. The van der Waals surface area contributed by atoms with E-state index >= 15 is 0 Å². The lowest BCUT2D eigenvalue weighted by atomic mass is 9.99. The van der Waals surface area contributed by atoms with Gasteiger partial charge in [0.25, 0.3) is 0 Å². The normalized spacial score (nSPS) is 11.6. The zero-order valence-corrected chi connectivity index (χ0v) is 11.4. The molecule has 2 aromatic carbocycles. The molecule has 0 bridgehead atoms. The van der Waals surface area contributed by atoms with Crippen LogP contribution < -0.4 is 5.32 Å². The van der Waals surface area contributed by atoms with Crippen LogP contribution in [0.4, 0.5) is 5.69 Å². The van der Waals surface area contributed by atoms with E-state index in [9.17, 15) is 0 Å². The molecule has 2 heteroatoms. The van der Waals surface area contributed by atoms with Gasteiger partial charge in [-0.3, -0.25) is 0 Å². The number of halogens is 1. The number of anilines is 1. The first-order chi connectivity index (χ1) is 9.20. The molecule has 0 aliphatic heterocycles. The van der Waals surface area contributed by atoms with E-state index in [0.717, 1.165) is 21.8 Å². The molecule has 0 spiro atoms. The van der Waals surface area contributed by atoms with Gasteiger partial charge in [-0.2, -0.15) is 0 Å². The summed E-state index contributed by atoms with van der Waals surface area (Å²) in [5, 5.41) is 4.18. The van der Waals surface area contributed by atoms with Crippen molar-refractivity contribution in [2.75, 3.05) is 5.32 Å². The average Bonchev–Trinajstić information content (AvgIpc) is 2.46. The second-order valence-electron chi connectivity index (χ2n) is 4.27. The minimum absolute atomic E-state index is 0.00262. The number of para-hydroxylation sites is 1. The number of benzene rings is 2. The second kappa shape index (κ2) is 6.26. The van der Waals surface area contributed by atoms with Crippen LogP contribution in [0, 0.1) is 0 Å². The van der Waals surface area contributed by atoms with Crippen LogP contribution in [0.2, 0.25) is 5.02 Å². The van der Waals surface area contributed by atoms with Crippen LogP contribution in [-0.4, -0.2) is 0 Å². The molecule has 19 heavy (non-hydrogen) atoms. The molecule has 0 saturated carbocycles. The van der Waals surface area contributed by atoms with Gasteiger partial charge < -0.3 is 5.32 Å². The molecule has 1 atom stereocenters. The summed E-state index contributed by atoms with van der Waals surface area (Å²) in [6.07, 6.45) is 1.77. The van der Waals surface area contributed by atoms with Gasteiger partial charge in [-0.15, -0.1) is 0 Å². The number of nitrogens with one attached hydrogen (secondary N) is 1. The second-order valence-corrected chi connectivity index (χ2v) is 4.71.